The molecule has 0 saturated carbocycles. The zero-order valence-electron chi connectivity index (χ0n) is 15.6. The zero-order valence-corrected chi connectivity index (χ0v) is 15.6. The van der Waals surface area contributed by atoms with Gasteiger partial charge >= 0.3 is 0 Å². The van der Waals surface area contributed by atoms with E-state index in [1.807, 2.05) is 43.3 Å². The molecule has 0 spiro atoms. The van der Waals surface area contributed by atoms with Crippen molar-refractivity contribution in [1.29, 1.82) is 0 Å². The van der Waals surface area contributed by atoms with Gasteiger partial charge in [0.25, 0.3) is 0 Å². The smallest absolute Gasteiger partial charge is 0.244 e. The van der Waals surface area contributed by atoms with E-state index in [0.29, 0.717) is 31.0 Å². The highest BCUT2D eigenvalue weighted by molar-refractivity contribution is 5.96. The molecule has 0 bridgehead atoms. The second-order valence-corrected chi connectivity index (χ2v) is 6.42. The number of para-hydroxylation sites is 3. The molecule has 0 fully saturated rings. The van der Waals surface area contributed by atoms with Gasteiger partial charge in [0.2, 0.25) is 11.8 Å². The molecular formula is C21H24N2O4. The average molecular weight is 368 g/mol. The van der Waals surface area contributed by atoms with Crippen molar-refractivity contribution >= 4 is 17.5 Å². The van der Waals surface area contributed by atoms with Crippen LogP contribution in [0.1, 0.15) is 12.5 Å². The number of hydrogen-bond donors (Lipinski definition) is 1. The molecule has 142 valence electrons. The highest BCUT2D eigenvalue weighted by Gasteiger charge is 2.29. The maximum Gasteiger partial charge on any atom is 0.244 e. The minimum absolute atomic E-state index is 0.00840. The summed E-state index contributed by atoms with van der Waals surface area (Å²) in [6.45, 7) is 2.65. The number of rotatable bonds is 6. The normalized spacial score (nSPS) is 15.3. The summed E-state index contributed by atoms with van der Waals surface area (Å²) < 4.78 is 11.0. The number of ether oxygens (including phenoxy) is 2. The van der Waals surface area contributed by atoms with Crippen LogP contribution in [0.15, 0.2) is 48.5 Å². The molecule has 6 heteroatoms. The fraction of sp³-hybridized carbons (Fsp3) is 0.333. The first-order chi connectivity index (χ1) is 13.1. The van der Waals surface area contributed by atoms with Crippen LogP contribution in [0.3, 0.4) is 0 Å². The molecule has 1 atom stereocenters. The topological polar surface area (TPSA) is 67.9 Å². The molecule has 27 heavy (non-hydrogen) atoms. The highest BCUT2D eigenvalue weighted by Crippen LogP contribution is 2.28. The Labute approximate surface area is 159 Å². The number of nitrogens with one attached hydrogen (secondary N) is 1. The number of likely N-dealkylation sites (N-methyl/N-ethyl adjacent to an activating group) is 1. The van der Waals surface area contributed by atoms with Gasteiger partial charge in [0.05, 0.1) is 25.3 Å². The summed E-state index contributed by atoms with van der Waals surface area (Å²) in [7, 11) is 1.55. The van der Waals surface area contributed by atoms with Crippen molar-refractivity contribution in [2.24, 2.45) is 5.92 Å². The lowest BCUT2D eigenvalue weighted by molar-refractivity contribution is -0.139. The van der Waals surface area contributed by atoms with Crippen molar-refractivity contribution in [3.05, 3.63) is 54.1 Å². The van der Waals surface area contributed by atoms with E-state index in [0.717, 1.165) is 11.3 Å². The van der Waals surface area contributed by atoms with E-state index in [1.54, 1.807) is 24.1 Å². The van der Waals surface area contributed by atoms with Crippen LogP contribution in [0.4, 0.5) is 5.69 Å². The molecule has 1 heterocycles. The number of amides is 2. The van der Waals surface area contributed by atoms with Gasteiger partial charge in [-0.05, 0) is 37.1 Å². The first-order valence-corrected chi connectivity index (χ1v) is 9.04. The Bertz CT molecular complexity index is 821. The second kappa shape index (κ2) is 8.58. The molecule has 6 nitrogen and oxygen atoms in total. The van der Waals surface area contributed by atoms with E-state index >= 15 is 0 Å². The fourth-order valence-corrected chi connectivity index (χ4v) is 3.20. The molecule has 1 N–H and O–H groups in total. The summed E-state index contributed by atoms with van der Waals surface area (Å²) in [6, 6.07) is 14.9. The molecule has 3 rings (SSSR count). The van der Waals surface area contributed by atoms with Crippen molar-refractivity contribution in [3.8, 4) is 11.5 Å². The van der Waals surface area contributed by atoms with Gasteiger partial charge < -0.3 is 19.7 Å². The molecule has 0 saturated heterocycles. The third-order valence-corrected chi connectivity index (χ3v) is 4.64. The lowest BCUT2D eigenvalue weighted by Gasteiger charge is -2.29. The van der Waals surface area contributed by atoms with E-state index in [2.05, 4.69) is 5.32 Å². The number of carbonyl (C=O) groups is 2. The number of methoxy groups -OCH3 is 1. The Kier molecular flexibility index (Phi) is 5.96. The lowest BCUT2D eigenvalue weighted by atomic mass is 9.95. The molecule has 1 aliphatic rings. The minimum atomic E-state index is -0.279. The first-order valence-electron chi connectivity index (χ1n) is 9.04. The van der Waals surface area contributed by atoms with Crippen LogP contribution in [-0.4, -0.2) is 43.5 Å². The molecule has 2 amide bonds. The van der Waals surface area contributed by atoms with Gasteiger partial charge in [-0.15, -0.1) is 0 Å². The summed E-state index contributed by atoms with van der Waals surface area (Å²) in [5, 5.41) is 2.81. The quantitative estimate of drug-likeness (QED) is 0.851. The third-order valence-electron chi connectivity index (χ3n) is 4.64. The van der Waals surface area contributed by atoms with Gasteiger partial charge in [-0.1, -0.05) is 30.3 Å². The van der Waals surface area contributed by atoms with Crippen LogP contribution in [0, 0.1) is 5.92 Å². The molecule has 2 aromatic rings. The molecule has 2 aromatic carbocycles. The maximum absolute atomic E-state index is 12.9. The van der Waals surface area contributed by atoms with Crippen molar-refractivity contribution in [2.75, 3.05) is 32.1 Å². The van der Waals surface area contributed by atoms with Gasteiger partial charge in [0.15, 0.2) is 0 Å². The summed E-state index contributed by atoms with van der Waals surface area (Å²) in [6.07, 6.45) is 0.625. The number of hydrogen-bond acceptors (Lipinski definition) is 4. The maximum atomic E-state index is 12.9. The molecule has 1 aliphatic heterocycles. The molecule has 1 unspecified atom stereocenters. The van der Waals surface area contributed by atoms with Gasteiger partial charge in [-0.25, -0.2) is 0 Å². The fourth-order valence-electron chi connectivity index (χ4n) is 3.20. The van der Waals surface area contributed by atoms with Crippen LogP contribution in [0.5, 0.6) is 11.5 Å². The van der Waals surface area contributed by atoms with E-state index in [1.165, 1.54) is 0 Å². The Morgan fingerprint density at radius 2 is 1.93 bits per heavy atom. The zero-order chi connectivity index (χ0) is 19.2. The van der Waals surface area contributed by atoms with Crippen molar-refractivity contribution in [1.82, 2.24) is 4.90 Å². The first kappa shape index (κ1) is 18.8. The highest BCUT2D eigenvalue weighted by atomic mass is 16.5. The van der Waals surface area contributed by atoms with Crippen LogP contribution in [0.2, 0.25) is 0 Å². The van der Waals surface area contributed by atoms with Crippen molar-refractivity contribution in [3.63, 3.8) is 0 Å². The van der Waals surface area contributed by atoms with Crippen LogP contribution >= 0.6 is 0 Å². The molecule has 0 aliphatic carbocycles. The van der Waals surface area contributed by atoms with Gasteiger partial charge in [0.1, 0.15) is 18.1 Å². The number of fused-ring (bicyclic) bond motifs is 1. The Morgan fingerprint density at radius 1 is 1.19 bits per heavy atom. The van der Waals surface area contributed by atoms with Crippen molar-refractivity contribution < 1.29 is 19.1 Å². The number of anilines is 1. The largest absolute Gasteiger partial charge is 0.495 e. The van der Waals surface area contributed by atoms with E-state index in [-0.39, 0.29) is 24.3 Å². The number of benzene rings is 2. The average Bonchev–Trinajstić information content (AvgIpc) is 2.71. The monoisotopic (exact) mass is 368 g/mol. The number of nitrogens with zero attached hydrogens (tertiary/aromatic N) is 1. The number of carbonyl (C=O) groups excluding carboxylic acids is 2. The molecule has 0 radical (unpaired) electrons. The van der Waals surface area contributed by atoms with E-state index < -0.39 is 0 Å². The summed E-state index contributed by atoms with van der Waals surface area (Å²) in [4.78, 5) is 26.9. The lowest BCUT2D eigenvalue weighted by Crippen LogP contribution is -2.44. The SMILES string of the molecule is CCN(CC(=O)Nc1ccccc1OC)C(=O)C1COc2ccccc2C1. The van der Waals surface area contributed by atoms with Gasteiger partial charge in [-0.3, -0.25) is 9.59 Å². The summed E-state index contributed by atoms with van der Waals surface area (Å²) in [5.41, 5.74) is 1.61. The third kappa shape index (κ3) is 4.39. The van der Waals surface area contributed by atoms with Crippen molar-refractivity contribution in [2.45, 2.75) is 13.3 Å². The van der Waals surface area contributed by atoms with Gasteiger partial charge in [0, 0.05) is 6.54 Å². The van der Waals surface area contributed by atoms with Crippen LogP contribution < -0.4 is 14.8 Å². The Morgan fingerprint density at radius 3 is 2.70 bits per heavy atom. The Hall–Kier alpha value is -3.02. The summed E-state index contributed by atoms with van der Waals surface area (Å²) >= 11 is 0. The van der Waals surface area contributed by atoms with E-state index in [4.69, 9.17) is 9.47 Å². The Balaban J connectivity index is 1.63. The molecular weight excluding hydrogens is 344 g/mol. The minimum Gasteiger partial charge on any atom is -0.495 e. The van der Waals surface area contributed by atoms with E-state index in [9.17, 15) is 9.59 Å². The predicted molar refractivity (Wildman–Crippen MR) is 103 cm³/mol. The van der Waals surface area contributed by atoms with Crippen LogP contribution in [-0.2, 0) is 16.0 Å². The predicted octanol–water partition coefficient (Wildman–Crippen LogP) is 2.73. The van der Waals surface area contributed by atoms with Crippen LogP contribution in [0.25, 0.3) is 0 Å². The molecule has 0 aromatic heterocycles. The standard InChI is InChI=1S/C21H24N2O4/c1-3-23(13-20(24)22-17-9-5-7-11-19(17)26-2)21(25)16-12-15-8-4-6-10-18(15)27-14-16/h4-11,16H,3,12-14H2,1-2H3,(H,22,24). The summed E-state index contributed by atoms with van der Waals surface area (Å²) in [5.74, 6) is 0.809. The van der Waals surface area contributed by atoms with Gasteiger partial charge in [-0.2, -0.15) is 0 Å². The second-order valence-electron chi connectivity index (χ2n) is 6.42.